The van der Waals surface area contributed by atoms with Gasteiger partial charge in [-0.3, -0.25) is 15.0 Å². The van der Waals surface area contributed by atoms with Gasteiger partial charge in [-0.2, -0.15) is 0 Å². The molecule has 1 unspecified atom stereocenters. The first-order valence-electron chi connectivity index (χ1n) is 7.08. The number of nitrogens with one attached hydrogen (secondary N) is 1. The Morgan fingerprint density at radius 1 is 1.38 bits per heavy atom. The van der Waals surface area contributed by atoms with E-state index in [9.17, 15) is 9.59 Å². The summed E-state index contributed by atoms with van der Waals surface area (Å²) in [6.45, 7) is 3.04. The molecule has 1 heterocycles. The topological polar surface area (TPSA) is 84.7 Å². The Morgan fingerprint density at radius 3 is 2.76 bits per heavy atom. The zero-order valence-electron chi connectivity index (χ0n) is 12.2. The Bertz CT molecular complexity index is 501. The highest BCUT2D eigenvalue weighted by atomic mass is 16.5. The number of aryl methyl sites for hydroxylation is 1. The summed E-state index contributed by atoms with van der Waals surface area (Å²) in [5, 5.41) is 0. The van der Waals surface area contributed by atoms with Gasteiger partial charge in [-0.05, 0) is 31.9 Å². The number of ether oxygens (including phenoxy) is 1. The van der Waals surface area contributed by atoms with Crippen LogP contribution in [-0.4, -0.2) is 36.4 Å². The van der Waals surface area contributed by atoms with E-state index < -0.39 is 0 Å². The van der Waals surface area contributed by atoms with Gasteiger partial charge < -0.3 is 9.64 Å². The van der Waals surface area contributed by atoms with Gasteiger partial charge in [-0.25, -0.2) is 5.84 Å². The SMILES string of the molecule is Cc1ccc(OCC(=O)N2CCCC(C(=O)NN)C2)cc1. The number of piperidine rings is 1. The molecule has 114 valence electrons. The van der Waals surface area contributed by atoms with Gasteiger partial charge in [0.25, 0.3) is 5.91 Å². The molecule has 1 aromatic rings. The lowest BCUT2D eigenvalue weighted by Gasteiger charge is -2.31. The minimum atomic E-state index is -0.230. The minimum Gasteiger partial charge on any atom is -0.484 e. The van der Waals surface area contributed by atoms with Crippen molar-refractivity contribution >= 4 is 11.8 Å². The fourth-order valence-electron chi connectivity index (χ4n) is 2.41. The van der Waals surface area contributed by atoms with Gasteiger partial charge in [0.15, 0.2) is 6.61 Å². The van der Waals surface area contributed by atoms with Crippen LogP contribution in [0.1, 0.15) is 18.4 Å². The van der Waals surface area contributed by atoms with Crippen molar-refractivity contribution < 1.29 is 14.3 Å². The van der Waals surface area contributed by atoms with Crippen LogP contribution in [0.2, 0.25) is 0 Å². The average molecular weight is 291 g/mol. The van der Waals surface area contributed by atoms with E-state index in [0.717, 1.165) is 18.4 Å². The predicted molar refractivity (Wildman–Crippen MR) is 78.3 cm³/mol. The molecule has 1 saturated heterocycles. The molecule has 2 amide bonds. The molecule has 0 saturated carbocycles. The Morgan fingerprint density at radius 2 is 2.10 bits per heavy atom. The lowest BCUT2D eigenvalue weighted by atomic mass is 9.97. The van der Waals surface area contributed by atoms with Crippen LogP contribution in [0.5, 0.6) is 5.75 Å². The Kier molecular flexibility index (Phi) is 5.16. The number of benzene rings is 1. The van der Waals surface area contributed by atoms with Gasteiger partial charge in [0, 0.05) is 13.1 Å². The van der Waals surface area contributed by atoms with Crippen LogP contribution in [0.25, 0.3) is 0 Å². The van der Waals surface area contributed by atoms with Crippen LogP contribution in [0.15, 0.2) is 24.3 Å². The maximum Gasteiger partial charge on any atom is 0.260 e. The van der Waals surface area contributed by atoms with E-state index in [-0.39, 0.29) is 24.3 Å². The van der Waals surface area contributed by atoms with Crippen molar-refractivity contribution in [2.24, 2.45) is 11.8 Å². The number of carbonyl (C=O) groups excluding carboxylic acids is 2. The van der Waals surface area contributed by atoms with E-state index in [2.05, 4.69) is 5.43 Å². The number of nitrogens with zero attached hydrogens (tertiary/aromatic N) is 1. The second-order valence-electron chi connectivity index (χ2n) is 5.29. The van der Waals surface area contributed by atoms with Gasteiger partial charge in [0.1, 0.15) is 5.75 Å². The minimum absolute atomic E-state index is 0.0139. The van der Waals surface area contributed by atoms with Crippen molar-refractivity contribution in [3.8, 4) is 5.75 Å². The van der Waals surface area contributed by atoms with Crippen LogP contribution in [0.4, 0.5) is 0 Å². The largest absolute Gasteiger partial charge is 0.484 e. The summed E-state index contributed by atoms with van der Waals surface area (Å²) in [4.78, 5) is 25.3. The molecule has 1 aromatic carbocycles. The molecule has 1 aliphatic rings. The Labute approximate surface area is 124 Å². The van der Waals surface area contributed by atoms with Crippen LogP contribution in [-0.2, 0) is 9.59 Å². The summed E-state index contributed by atoms with van der Waals surface area (Å²) >= 11 is 0. The van der Waals surface area contributed by atoms with Gasteiger partial charge >= 0.3 is 0 Å². The monoisotopic (exact) mass is 291 g/mol. The number of rotatable bonds is 4. The molecule has 0 spiro atoms. The van der Waals surface area contributed by atoms with Gasteiger partial charge in [0.2, 0.25) is 5.91 Å². The van der Waals surface area contributed by atoms with Crippen molar-refractivity contribution in [1.29, 1.82) is 0 Å². The smallest absolute Gasteiger partial charge is 0.260 e. The first-order valence-corrected chi connectivity index (χ1v) is 7.08. The highest BCUT2D eigenvalue weighted by Gasteiger charge is 2.28. The highest BCUT2D eigenvalue weighted by Crippen LogP contribution is 2.17. The average Bonchev–Trinajstić information content (AvgIpc) is 2.53. The van der Waals surface area contributed by atoms with Crippen LogP contribution < -0.4 is 16.0 Å². The third-order valence-corrected chi connectivity index (χ3v) is 3.67. The molecule has 3 N–H and O–H groups in total. The number of hydrogen-bond donors (Lipinski definition) is 2. The molecule has 0 aliphatic carbocycles. The summed E-state index contributed by atoms with van der Waals surface area (Å²) in [6, 6.07) is 7.54. The van der Waals surface area contributed by atoms with Crippen LogP contribution in [0, 0.1) is 12.8 Å². The van der Waals surface area contributed by atoms with Crippen molar-refractivity contribution in [3.05, 3.63) is 29.8 Å². The number of amides is 2. The first-order chi connectivity index (χ1) is 10.1. The van der Waals surface area contributed by atoms with E-state index in [1.54, 1.807) is 4.90 Å². The summed E-state index contributed by atoms with van der Waals surface area (Å²) in [5.41, 5.74) is 3.29. The van der Waals surface area contributed by atoms with E-state index in [1.165, 1.54) is 0 Å². The van der Waals surface area contributed by atoms with E-state index in [4.69, 9.17) is 10.6 Å². The third-order valence-electron chi connectivity index (χ3n) is 3.67. The van der Waals surface area contributed by atoms with Crippen molar-refractivity contribution in [3.63, 3.8) is 0 Å². The van der Waals surface area contributed by atoms with Crippen LogP contribution >= 0.6 is 0 Å². The quantitative estimate of drug-likeness (QED) is 0.483. The maximum absolute atomic E-state index is 12.1. The zero-order valence-corrected chi connectivity index (χ0v) is 12.2. The molecular formula is C15H21N3O3. The molecule has 1 aliphatic heterocycles. The summed E-state index contributed by atoms with van der Waals surface area (Å²) in [6.07, 6.45) is 1.56. The highest BCUT2D eigenvalue weighted by molar-refractivity contribution is 5.81. The molecule has 6 nitrogen and oxygen atoms in total. The molecule has 2 rings (SSSR count). The molecular weight excluding hydrogens is 270 g/mol. The zero-order chi connectivity index (χ0) is 15.2. The second kappa shape index (κ2) is 7.08. The Hall–Kier alpha value is -2.08. The van der Waals surface area contributed by atoms with E-state index in [0.29, 0.717) is 18.8 Å². The maximum atomic E-state index is 12.1. The number of nitrogens with two attached hydrogens (primary N) is 1. The summed E-state index contributed by atoms with van der Waals surface area (Å²) in [5.74, 6) is 5.26. The molecule has 0 bridgehead atoms. The molecule has 21 heavy (non-hydrogen) atoms. The fraction of sp³-hybridized carbons (Fsp3) is 0.467. The Balaban J connectivity index is 1.85. The molecule has 0 radical (unpaired) electrons. The molecule has 1 fully saturated rings. The third kappa shape index (κ3) is 4.19. The standard InChI is InChI=1S/C15H21N3O3/c1-11-4-6-13(7-5-11)21-10-14(19)18-8-2-3-12(9-18)15(20)17-16/h4-7,12H,2-3,8-10,16H2,1H3,(H,17,20). The van der Waals surface area contributed by atoms with Crippen LogP contribution in [0.3, 0.4) is 0 Å². The molecule has 0 aromatic heterocycles. The van der Waals surface area contributed by atoms with Crippen molar-refractivity contribution in [1.82, 2.24) is 10.3 Å². The van der Waals surface area contributed by atoms with E-state index >= 15 is 0 Å². The lowest BCUT2D eigenvalue weighted by molar-refractivity contribution is -0.137. The molecule has 6 heteroatoms. The number of likely N-dealkylation sites (tertiary alicyclic amines) is 1. The van der Waals surface area contributed by atoms with Gasteiger partial charge in [-0.1, -0.05) is 17.7 Å². The second-order valence-corrected chi connectivity index (χ2v) is 5.29. The lowest BCUT2D eigenvalue weighted by Crippen LogP contribution is -2.48. The number of hydrogen-bond acceptors (Lipinski definition) is 4. The summed E-state index contributed by atoms with van der Waals surface area (Å²) in [7, 11) is 0. The van der Waals surface area contributed by atoms with Crippen molar-refractivity contribution in [2.45, 2.75) is 19.8 Å². The van der Waals surface area contributed by atoms with Gasteiger partial charge in [-0.15, -0.1) is 0 Å². The predicted octanol–water partition coefficient (Wildman–Crippen LogP) is 0.602. The fourth-order valence-corrected chi connectivity index (χ4v) is 2.41. The number of carbonyl (C=O) groups is 2. The normalized spacial score (nSPS) is 18.2. The molecule has 1 atom stereocenters. The summed E-state index contributed by atoms with van der Waals surface area (Å²) < 4.78 is 5.48. The first kappa shape index (κ1) is 15.3. The van der Waals surface area contributed by atoms with Gasteiger partial charge in [0.05, 0.1) is 5.92 Å². The number of hydrazine groups is 1. The van der Waals surface area contributed by atoms with E-state index in [1.807, 2.05) is 31.2 Å². The van der Waals surface area contributed by atoms with Crippen molar-refractivity contribution in [2.75, 3.05) is 19.7 Å².